The predicted molar refractivity (Wildman–Crippen MR) is 78.2 cm³/mol. The average Bonchev–Trinajstić information content (AvgIpc) is 2.36. The van der Waals surface area contributed by atoms with Crippen LogP contribution in [0.25, 0.3) is 0 Å². The highest BCUT2D eigenvalue weighted by Crippen LogP contribution is 2.40. The lowest BCUT2D eigenvalue weighted by molar-refractivity contribution is -0.138. The lowest BCUT2D eigenvalue weighted by Crippen LogP contribution is -2.42. The number of hydrogen-bond donors (Lipinski definition) is 0. The van der Waals surface area contributed by atoms with E-state index in [9.17, 15) is 13.6 Å². The smallest absolute Gasteiger partial charge is 0.255 e. The van der Waals surface area contributed by atoms with Crippen LogP contribution in [0.3, 0.4) is 0 Å². The zero-order chi connectivity index (χ0) is 15.3. The van der Waals surface area contributed by atoms with Crippen LogP contribution in [-0.2, 0) is 4.79 Å². The third-order valence-corrected chi connectivity index (χ3v) is 4.49. The van der Waals surface area contributed by atoms with Crippen LogP contribution in [-0.4, -0.2) is 36.2 Å². The molecule has 5 heteroatoms. The van der Waals surface area contributed by atoms with E-state index in [0.29, 0.717) is 5.92 Å². The monoisotopic (exact) mass is 309 g/mol. The van der Waals surface area contributed by atoms with Crippen molar-refractivity contribution in [2.45, 2.75) is 52.9 Å². The van der Waals surface area contributed by atoms with Crippen molar-refractivity contribution < 1.29 is 13.6 Å². The molecule has 0 bridgehead atoms. The summed E-state index contributed by atoms with van der Waals surface area (Å²) in [4.78, 5) is 13.5. The zero-order valence-corrected chi connectivity index (χ0v) is 13.4. The number of nitrogens with zero attached hydrogens (tertiary/aromatic N) is 1. The molecule has 2 nitrogen and oxygen atoms in total. The van der Waals surface area contributed by atoms with Crippen molar-refractivity contribution in [2.24, 2.45) is 17.3 Å². The van der Waals surface area contributed by atoms with Gasteiger partial charge >= 0.3 is 0 Å². The van der Waals surface area contributed by atoms with Crippen LogP contribution in [0.1, 0.15) is 46.5 Å². The van der Waals surface area contributed by atoms with Crippen molar-refractivity contribution in [1.29, 1.82) is 0 Å². The molecule has 1 saturated carbocycles. The molecule has 118 valence electrons. The second-order valence-electron chi connectivity index (χ2n) is 6.78. The van der Waals surface area contributed by atoms with E-state index >= 15 is 0 Å². The third kappa shape index (κ3) is 5.19. The first-order valence-electron chi connectivity index (χ1n) is 7.38. The molecule has 1 amide bonds. The number of carbonyl (C=O) groups excluding carboxylic acids is 1. The summed E-state index contributed by atoms with van der Waals surface area (Å²) >= 11 is 5.61. The summed E-state index contributed by atoms with van der Waals surface area (Å²) in [6.07, 6.45) is 1.13. The summed E-state index contributed by atoms with van der Waals surface area (Å²) < 4.78 is 25.0. The maximum absolute atomic E-state index is 12.5. The SMILES string of the molecule is CC(C)(C)C1CCC(C(=O)N(CCCl)CC(F)F)CC1. The van der Waals surface area contributed by atoms with Gasteiger partial charge in [0.2, 0.25) is 5.91 Å². The highest BCUT2D eigenvalue weighted by molar-refractivity contribution is 6.18. The van der Waals surface area contributed by atoms with Crippen molar-refractivity contribution >= 4 is 17.5 Å². The molecule has 0 atom stereocenters. The molecule has 1 aliphatic rings. The van der Waals surface area contributed by atoms with Gasteiger partial charge in [-0.3, -0.25) is 4.79 Å². The molecule has 0 aliphatic heterocycles. The molecule has 0 radical (unpaired) electrons. The van der Waals surface area contributed by atoms with E-state index in [0.717, 1.165) is 25.7 Å². The van der Waals surface area contributed by atoms with Gasteiger partial charge in [0.05, 0.1) is 6.54 Å². The number of carbonyl (C=O) groups is 1. The first-order chi connectivity index (χ1) is 9.25. The van der Waals surface area contributed by atoms with Gasteiger partial charge in [0.15, 0.2) is 0 Å². The summed E-state index contributed by atoms with van der Waals surface area (Å²) in [7, 11) is 0. The number of halogens is 3. The minimum atomic E-state index is -2.49. The molecule has 1 fully saturated rings. The van der Waals surface area contributed by atoms with Crippen molar-refractivity contribution in [3.63, 3.8) is 0 Å². The van der Waals surface area contributed by atoms with Gasteiger partial charge in [0.1, 0.15) is 0 Å². The lowest BCUT2D eigenvalue weighted by atomic mass is 9.69. The van der Waals surface area contributed by atoms with Gasteiger partial charge in [-0.2, -0.15) is 0 Å². The Morgan fingerprint density at radius 3 is 2.20 bits per heavy atom. The summed E-state index contributed by atoms with van der Waals surface area (Å²) in [6, 6.07) is 0. The second kappa shape index (κ2) is 7.58. The molecule has 0 N–H and O–H groups in total. The third-order valence-electron chi connectivity index (χ3n) is 4.33. The summed E-state index contributed by atoms with van der Waals surface area (Å²) in [5.74, 6) is 0.576. The Labute approximate surface area is 125 Å². The van der Waals surface area contributed by atoms with E-state index < -0.39 is 13.0 Å². The van der Waals surface area contributed by atoms with E-state index in [1.807, 2.05) is 0 Å². The Hall–Kier alpha value is -0.380. The van der Waals surface area contributed by atoms with Gasteiger partial charge in [-0.15, -0.1) is 11.6 Å². The highest BCUT2D eigenvalue weighted by Gasteiger charge is 2.34. The van der Waals surface area contributed by atoms with E-state index in [4.69, 9.17) is 11.6 Å². The molecule has 0 saturated heterocycles. The van der Waals surface area contributed by atoms with E-state index in [-0.39, 0.29) is 29.7 Å². The molecular weight excluding hydrogens is 284 g/mol. The molecule has 0 aromatic heterocycles. The van der Waals surface area contributed by atoms with Crippen LogP contribution in [0.4, 0.5) is 8.78 Å². The molecular formula is C15H26ClF2NO. The van der Waals surface area contributed by atoms with Gasteiger partial charge in [0.25, 0.3) is 6.43 Å². The molecule has 20 heavy (non-hydrogen) atoms. The topological polar surface area (TPSA) is 20.3 Å². The maximum atomic E-state index is 12.5. The molecule has 0 unspecified atom stereocenters. The van der Waals surface area contributed by atoms with Crippen LogP contribution in [0, 0.1) is 17.3 Å². The fraction of sp³-hybridized carbons (Fsp3) is 0.933. The Bertz CT molecular complexity index is 309. The Morgan fingerprint density at radius 1 is 1.25 bits per heavy atom. The van der Waals surface area contributed by atoms with Crippen LogP contribution >= 0.6 is 11.6 Å². The highest BCUT2D eigenvalue weighted by atomic mass is 35.5. The van der Waals surface area contributed by atoms with Gasteiger partial charge in [0, 0.05) is 18.3 Å². The van der Waals surface area contributed by atoms with Crippen molar-refractivity contribution in [3.05, 3.63) is 0 Å². The number of hydrogen-bond acceptors (Lipinski definition) is 1. The quantitative estimate of drug-likeness (QED) is 0.698. The Morgan fingerprint density at radius 2 is 1.80 bits per heavy atom. The minimum absolute atomic E-state index is 0.101. The van der Waals surface area contributed by atoms with E-state index in [2.05, 4.69) is 20.8 Å². The molecule has 0 aromatic rings. The Kier molecular flexibility index (Phi) is 6.70. The predicted octanol–water partition coefficient (Wildman–Crippen LogP) is 4.17. The minimum Gasteiger partial charge on any atom is -0.336 e. The summed E-state index contributed by atoms with van der Waals surface area (Å²) in [5.41, 5.74) is 0.257. The van der Waals surface area contributed by atoms with Crippen molar-refractivity contribution in [3.8, 4) is 0 Å². The number of rotatable bonds is 5. The first-order valence-corrected chi connectivity index (χ1v) is 7.92. The van der Waals surface area contributed by atoms with Crippen LogP contribution in [0.5, 0.6) is 0 Å². The summed E-state index contributed by atoms with van der Waals surface area (Å²) in [5, 5.41) is 0. The number of alkyl halides is 3. The van der Waals surface area contributed by atoms with Crippen molar-refractivity contribution in [2.75, 3.05) is 19.0 Å². The van der Waals surface area contributed by atoms with Gasteiger partial charge < -0.3 is 4.90 Å². The average molecular weight is 310 g/mol. The zero-order valence-electron chi connectivity index (χ0n) is 12.7. The standard InChI is InChI=1S/C15H26ClF2NO/c1-15(2,3)12-6-4-11(5-7-12)14(20)19(9-8-16)10-13(17)18/h11-13H,4-10H2,1-3H3. The van der Waals surface area contributed by atoms with Crippen LogP contribution < -0.4 is 0 Å². The molecule has 0 aromatic carbocycles. The fourth-order valence-corrected chi connectivity index (χ4v) is 3.23. The maximum Gasteiger partial charge on any atom is 0.255 e. The summed E-state index contributed by atoms with van der Waals surface area (Å²) in [6.45, 7) is 6.37. The van der Waals surface area contributed by atoms with E-state index in [1.165, 1.54) is 4.90 Å². The molecule has 0 heterocycles. The number of amides is 1. The van der Waals surface area contributed by atoms with Gasteiger partial charge in [-0.05, 0) is 37.0 Å². The Balaban J connectivity index is 2.55. The lowest BCUT2D eigenvalue weighted by Gasteiger charge is -2.37. The van der Waals surface area contributed by atoms with Crippen LogP contribution in [0.2, 0.25) is 0 Å². The molecule has 0 spiro atoms. The normalized spacial score (nSPS) is 23.9. The second-order valence-corrected chi connectivity index (χ2v) is 7.16. The first kappa shape index (κ1) is 17.7. The van der Waals surface area contributed by atoms with Gasteiger partial charge in [-0.25, -0.2) is 8.78 Å². The fourth-order valence-electron chi connectivity index (χ4n) is 3.02. The molecule has 1 rings (SSSR count). The largest absolute Gasteiger partial charge is 0.336 e. The van der Waals surface area contributed by atoms with E-state index in [1.54, 1.807) is 0 Å². The van der Waals surface area contributed by atoms with Gasteiger partial charge in [-0.1, -0.05) is 20.8 Å². The van der Waals surface area contributed by atoms with Crippen molar-refractivity contribution in [1.82, 2.24) is 4.90 Å². The van der Waals surface area contributed by atoms with Crippen LogP contribution in [0.15, 0.2) is 0 Å². The molecule has 1 aliphatic carbocycles.